The Labute approximate surface area is 131 Å². The van der Waals surface area contributed by atoms with Crippen molar-refractivity contribution in [2.75, 3.05) is 26.2 Å². The molecule has 0 spiro atoms. The molecule has 0 bridgehead atoms. The van der Waals surface area contributed by atoms with Gasteiger partial charge in [-0.1, -0.05) is 18.2 Å². The van der Waals surface area contributed by atoms with Gasteiger partial charge in [-0.05, 0) is 24.4 Å². The van der Waals surface area contributed by atoms with Crippen molar-refractivity contribution in [3.05, 3.63) is 46.2 Å². The third-order valence-corrected chi connectivity index (χ3v) is 4.00. The minimum absolute atomic E-state index is 0. The van der Waals surface area contributed by atoms with E-state index in [0.29, 0.717) is 0 Å². The van der Waals surface area contributed by atoms with Crippen molar-refractivity contribution in [1.82, 2.24) is 14.8 Å². The van der Waals surface area contributed by atoms with Gasteiger partial charge in [0, 0.05) is 44.8 Å². The van der Waals surface area contributed by atoms with Gasteiger partial charge in [-0.25, -0.2) is 0 Å². The number of hydrogen-bond donors (Lipinski definition) is 1. The summed E-state index contributed by atoms with van der Waals surface area (Å²) >= 11 is 0. The molecule has 1 aliphatic heterocycles. The van der Waals surface area contributed by atoms with Crippen LogP contribution in [0.1, 0.15) is 12.5 Å². The van der Waals surface area contributed by atoms with Gasteiger partial charge in [0.25, 0.3) is 5.56 Å². The number of para-hydroxylation sites is 1. The van der Waals surface area contributed by atoms with E-state index in [-0.39, 0.29) is 18.0 Å². The van der Waals surface area contributed by atoms with E-state index < -0.39 is 0 Å². The molecule has 1 fully saturated rings. The second-order valence-electron chi connectivity index (χ2n) is 5.30. The van der Waals surface area contributed by atoms with Gasteiger partial charge < -0.3 is 9.88 Å². The number of piperazine rings is 1. The van der Waals surface area contributed by atoms with Crippen LogP contribution >= 0.6 is 12.4 Å². The summed E-state index contributed by atoms with van der Waals surface area (Å²) in [4.78, 5) is 15.0. The normalized spacial score (nSPS) is 15.9. The zero-order valence-corrected chi connectivity index (χ0v) is 13.2. The SMILES string of the molecule is CCn1c(=O)c(CN2CCNCC2)cc2ccccc21.Cl. The van der Waals surface area contributed by atoms with Crippen LogP contribution in [0.3, 0.4) is 0 Å². The average molecular weight is 308 g/mol. The van der Waals surface area contributed by atoms with E-state index >= 15 is 0 Å². The van der Waals surface area contributed by atoms with E-state index in [1.165, 1.54) is 0 Å². The minimum atomic E-state index is 0. The van der Waals surface area contributed by atoms with Gasteiger partial charge in [0.1, 0.15) is 0 Å². The van der Waals surface area contributed by atoms with E-state index in [1.807, 2.05) is 29.7 Å². The van der Waals surface area contributed by atoms with Crippen LogP contribution in [-0.4, -0.2) is 35.6 Å². The molecule has 0 radical (unpaired) electrons. The van der Waals surface area contributed by atoms with Crippen LogP contribution in [0.4, 0.5) is 0 Å². The maximum Gasteiger partial charge on any atom is 0.255 e. The van der Waals surface area contributed by atoms with E-state index in [1.54, 1.807) is 0 Å². The van der Waals surface area contributed by atoms with Crippen LogP contribution in [0.5, 0.6) is 0 Å². The third-order valence-electron chi connectivity index (χ3n) is 4.00. The highest BCUT2D eigenvalue weighted by Gasteiger charge is 2.14. The van der Waals surface area contributed by atoms with Crippen molar-refractivity contribution < 1.29 is 0 Å². The van der Waals surface area contributed by atoms with E-state index in [9.17, 15) is 4.79 Å². The summed E-state index contributed by atoms with van der Waals surface area (Å²) < 4.78 is 1.88. The highest BCUT2D eigenvalue weighted by atomic mass is 35.5. The Balaban J connectivity index is 0.00000161. The Morgan fingerprint density at radius 2 is 1.90 bits per heavy atom. The Morgan fingerprint density at radius 1 is 1.19 bits per heavy atom. The predicted octanol–water partition coefficient (Wildman–Crippen LogP) is 1.85. The van der Waals surface area contributed by atoms with Gasteiger partial charge in [-0.15, -0.1) is 12.4 Å². The first kappa shape index (κ1) is 16.0. The molecule has 1 aromatic carbocycles. The summed E-state index contributed by atoms with van der Waals surface area (Å²) in [5, 5.41) is 4.49. The molecule has 0 atom stereocenters. The molecular weight excluding hydrogens is 286 g/mol. The molecular formula is C16H22ClN3O. The van der Waals surface area contributed by atoms with Crippen LogP contribution in [0.15, 0.2) is 35.1 Å². The van der Waals surface area contributed by atoms with Gasteiger partial charge in [-0.2, -0.15) is 0 Å². The largest absolute Gasteiger partial charge is 0.314 e. The Morgan fingerprint density at radius 3 is 2.62 bits per heavy atom. The topological polar surface area (TPSA) is 37.3 Å². The first-order chi connectivity index (χ1) is 9.79. The number of rotatable bonds is 3. The van der Waals surface area contributed by atoms with Crippen LogP contribution in [0.25, 0.3) is 10.9 Å². The molecule has 114 valence electrons. The van der Waals surface area contributed by atoms with Crippen molar-refractivity contribution in [2.45, 2.75) is 20.0 Å². The molecule has 1 N–H and O–H groups in total. The zero-order chi connectivity index (χ0) is 13.9. The Bertz CT molecular complexity index is 662. The maximum absolute atomic E-state index is 12.6. The fourth-order valence-corrected chi connectivity index (χ4v) is 2.92. The molecule has 3 rings (SSSR count). The van der Waals surface area contributed by atoms with Crippen molar-refractivity contribution in [1.29, 1.82) is 0 Å². The molecule has 5 heteroatoms. The number of aromatic nitrogens is 1. The molecule has 0 saturated carbocycles. The molecule has 0 aliphatic carbocycles. The van der Waals surface area contributed by atoms with Gasteiger partial charge in [-0.3, -0.25) is 9.69 Å². The van der Waals surface area contributed by atoms with Crippen LogP contribution in [0.2, 0.25) is 0 Å². The number of nitrogens with zero attached hydrogens (tertiary/aromatic N) is 2. The predicted molar refractivity (Wildman–Crippen MR) is 89.3 cm³/mol. The number of halogens is 1. The number of nitrogens with one attached hydrogen (secondary N) is 1. The van der Waals surface area contributed by atoms with Crippen LogP contribution in [-0.2, 0) is 13.1 Å². The number of benzene rings is 1. The third kappa shape index (κ3) is 3.28. The number of aryl methyl sites for hydroxylation is 1. The fourth-order valence-electron chi connectivity index (χ4n) is 2.92. The van der Waals surface area contributed by atoms with Gasteiger partial charge in [0.05, 0.1) is 5.52 Å². The molecule has 21 heavy (non-hydrogen) atoms. The lowest BCUT2D eigenvalue weighted by molar-refractivity contribution is 0.232. The number of fused-ring (bicyclic) bond motifs is 1. The van der Waals surface area contributed by atoms with Crippen molar-refractivity contribution >= 4 is 23.3 Å². The van der Waals surface area contributed by atoms with Crippen LogP contribution < -0.4 is 10.9 Å². The first-order valence-electron chi connectivity index (χ1n) is 7.34. The Kier molecular flexibility index (Phi) is 5.39. The number of hydrogen-bond acceptors (Lipinski definition) is 3. The van der Waals surface area contributed by atoms with Crippen molar-refractivity contribution in [2.24, 2.45) is 0 Å². The molecule has 0 unspecified atom stereocenters. The zero-order valence-electron chi connectivity index (χ0n) is 12.3. The second kappa shape index (κ2) is 7.07. The smallest absolute Gasteiger partial charge is 0.255 e. The number of pyridine rings is 1. The molecule has 1 saturated heterocycles. The summed E-state index contributed by atoms with van der Waals surface area (Å²) in [6.45, 7) is 7.55. The second-order valence-corrected chi connectivity index (χ2v) is 5.30. The summed E-state index contributed by atoms with van der Waals surface area (Å²) in [6, 6.07) is 10.2. The lowest BCUT2D eigenvalue weighted by Gasteiger charge is -2.27. The van der Waals surface area contributed by atoms with Crippen molar-refractivity contribution in [3.63, 3.8) is 0 Å². The minimum Gasteiger partial charge on any atom is -0.314 e. The molecule has 1 aliphatic rings. The molecule has 1 aromatic heterocycles. The summed E-state index contributed by atoms with van der Waals surface area (Å²) in [5.74, 6) is 0. The highest BCUT2D eigenvalue weighted by molar-refractivity contribution is 5.85. The van der Waals surface area contributed by atoms with E-state index in [2.05, 4.69) is 22.3 Å². The lowest BCUT2D eigenvalue weighted by Crippen LogP contribution is -2.43. The molecule has 4 nitrogen and oxygen atoms in total. The van der Waals surface area contributed by atoms with Gasteiger partial charge in [0.2, 0.25) is 0 Å². The summed E-state index contributed by atoms with van der Waals surface area (Å²) in [6.07, 6.45) is 0. The monoisotopic (exact) mass is 307 g/mol. The fraction of sp³-hybridized carbons (Fsp3) is 0.438. The lowest BCUT2D eigenvalue weighted by atomic mass is 10.1. The summed E-state index contributed by atoms with van der Waals surface area (Å²) in [5.41, 5.74) is 2.10. The molecule has 2 aromatic rings. The highest BCUT2D eigenvalue weighted by Crippen LogP contribution is 2.14. The van der Waals surface area contributed by atoms with E-state index in [4.69, 9.17) is 0 Å². The Hall–Kier alpha value is -1.36. The quantitative estimate of drug-likeness (QED) is 0.940. The van der Waals surface area contributed by atoms with Crippen molar-refractivity contribution in [3.8, 4) is 0 Å². The molecule has 0 amide bonds. The van der Waals surface area contributed by atoms with Gasteiger partial charge in [0.15, 0.2) is 0 Å². The standard InChI is InChI=1S/C16H21N3O.ClH/c1-2-19-15-6-4-3-5-13(15)11-14(16(19)20)12-18-9-7-17-8-10-18;/h3-6,11,17H,2,7-10,12H2,1H3;1H. The molecule has 2 heterocycles. The maximum atomic E-state index is 12.6. The van der Waals surface area contributed by atoms with Gasteiger partial charge >= 0.3 is 0 Å². The summed E-state index contributed by atoms with van der Waals surface area (Å²) in [7, 11) is 0. The first-order valence-corrected chi connectivity index (χ1v) is 7.34. The van der Waals surface area contributed by atoms with Crippen LogP contribution in [0, 0.1) is 0 Å². The van der Waals surface area contributed by atoms with E-state index in [0.717, 1.165) is 55.7 Å². The average Bonchev–Trinajstić information content (AvgIpc) is 2.49.